The predicted octanol–water partition coefficient (Wildman–Crippen LogP) is 2.40. The maximum absolute atomic E-state index is 12.4. The Kier molecular flexibility index (Phi) is 4.42. The molecule has 0 radical (unpaired) electrons. The lowest BCUT2D eigenvalue weighted by Gasteiger charge is -2.20. The van der Waals surface area contributed by atoms with Gasteiger partial charge in [0, 0.05) is 5.56 Å². The molecule has 4 heteroatoms. The standard InChI is InChI=1S/C16H21NO3/c1-3-10(2)14(16(19)20)17-15(18)13-9-5-7-11-6-4-8-12(11)13/h5,7,9-10,14H,3-4,6,8H2,1-2H3,(H,17,18)(H,19,20)/t10-,14-/m0/s1. The van der Waals surface area contributed by atoms with Crippen molar-refractivity contribution >= 4 is 11.9 Å². The summed E-state index contributed by atoms with van der Waals surface area (Å²) in [4.78, 5) is 23.7. The quantitative estimate of drug-likeness (QED) is 0.867. The van der Waals surface area contributed by atoms with E-state index >= 15 is 0 Å². The van der Waals surface area contributed by atoms with Gasteiger partial charge >= 0.3 is 5.97 Å². The summed E-state index contributed by atoms with van der Waals surface area (Å²) in [5.74, 6) is -1.33. The molecule has 0 saturated heterocycles. The van der Waals surface area contributed by atoms with Gasteiger partial charge in [0.05, 0.1) is 0 Å². The molecule has 20 heavy (non-hydrogen) atoms. The Morgan fingerprint density at radius 2 is 2.10 bits per heavy atom. The monoisotopic (exact) mass is 275 g/mol. The number of hydrogen-bond donors (Lipinski definition) is 2. The number of benzene rings is 1. The topological polar surface area (TPSA) is 66.4 Å². The average Bonchev–Trinajstić information content (AvgIpc) is 2.91. The number of rotatable bonds is 5. The van der Waals surface area contributed by atoms with Crippen LogP contribution in [0.25, 0.3) is 0 Å². The minimum Gasteiger partial charge on any atom is -0.480 e. The molecule has 0 fully saturated rings. The third-order valence-corrected chi connectivity index (χ3v) is 4.16. The van der Waals surface area contributed by atoms with Gasteiger partial charge in [0.15, 0.2) is 0 Å². The van der Waals surface area contributed by atoms with Crippen molar-refractivity contribution < 1.29 is 14.7 Å². The highest BCUT2D eigenvalue weighted by Gasteiger charge is 2.27. The molecule has 0 unspecified atom stereocenters. The molecule has 1 aromatic rings. The number of aryl methyl sites for hydroxylation is 1. The van der Waals surface area contributed by atoms with Crippen LogP contribution in [0.15, 0.2) is 18.2 Å². The van der Waals surface area contributed by atoms with Crippen molar-refractivity contribution in [3.05, 3.63) is 34.9 Å². The van der Waals surface area contributed by atoms with Crippen LogP contribution in [-0.4, -0.2) is 23.0 Å². The van der Waals surface area contributed by atoms with Crippen LogP contribution in [0.2, 0.25) is 0 Å². The molecule has 0 aromatic heterocycles. The van der Waals surface area contributed by atoms with Gasteiger partial charge in [0.1, 0.15) is 6.04 Å². The van der Waals surface area contributed by atoms with E-state index in [9.17, 15) is 14.7 Å². The number of nitrogens with one attached hydrogen (secondary N) is 1. The average molecular weight is 275 g/mol. The lowest BCUT2D eigenvalue weighted by Crippen LogP contribution is -2.45. The summed E-state index contributed by atoms with van der Waals surface area (Å²) in [5, 5.41) is 11.9. The highest BCUT2D eigenvalue weighted by Crippen LogP contribution is 2.25. The third kappa shape index (κ3) is 2.84. The molecule has 2 N–H and O–H groups in total. The Morgan fingerprint density at radius 3 is 2.75 bits per heavy atom. The van der Waals surface area contributed by atoms with E-state index in [1.165, 1.54) is 5.56 Å². The molecule has 0 bridgehead atoms. The fourth-order valence-electron chi connectivity index (χ4n) is 2.73. The van der Waals surface area contributed by atoms with Gasteiger partial charge in [-0.3, -0.25) is 4.79 Å². The van der Waals surface area contributed by atoms with Gasteiger partial charge in [0.25, 0.3) is 5.91 Å². The van der Waals surface area contributed by atoms with Gasteiger partial charge in [-0.15, -0.1) is 0 Å². The van der Waals surface area contributed by atoms with Crippen molar-refractivity contribution in [2.24, 2.45) is 5.92 Å². The number of carboxylic acids is 1. The maximum Gasteiger partial charge on any atom is 0.326 e. The molecule has 2 atom stereocenters. The van der Waals surface area contributed by atoms with Crippen LogP contribution >= 0.6 is 0 Å². The molecule has 1 aliphatic carbocycles. The summed E-state index contributed by atoms with van der Waals surface area (Å²) < 4.78 is 0. The van der Waals surface area contributed by atoms with Crippen LogP contribution in [0.1, 0.15) is 48.2 Å². The number of aliphatic carboxylic acids is 1. The maximum atomic E-state index is 12.4. The first-order valence-corrected chi connectivity index (χ1v) is 7.19. The van der Waals surface area contributed by atoms with E-state index in [0.717, 1.165) is 24.8 Å². The van der Waals surface area contributed by atoms with Crippen LogP contribution in [-0.2, 0) is 17.6 Å². The molecule has 108 valence electrons. The van der Waals surface area contributed by atoms with Crippen molar-refractivity contribution in [1.29, 1.82) is 0 Å². The summed E-state index contributed by atoms with van der Waals surface area (Å²) in [6.07, 6.45) is 3.68. The van der Waals surface area contributed by atoms with E-state index in [4.69, 9.17) is 0 Å². The molecule has 0 aliphatic heterocycles. The molecule has 1 aliphatic rings. The first kappa shape index (κ1) is 14.6. The first-order chi connectivity index (χ1) is 9.54. The van der Waals surface area contributed by atoms with Crippen molar-refractivity contribution in [2.75, 3.05) is 0 Å². The van der Waals surface area contributed by atoms with Crippen LogP contribution in [0.5, 0.6) is 0 Å². The normalized spacial score (nSPS) is 16.3. The zero-order valence-electron chi connectivity index (χ0n) is 12.0. The second-order valence-corrected chi connectivity index (χ2v) is 5.47. The Balaban J connectivity index is 2.20. The molecule has 0 heterocycles. The van der Waals surface area contributed by atoms with Gasteiger partial charge in [0.2, 0.25) is 0 Å². The fraction of sp³-hybridized carbons (Fsp3) is 0.500. The summed E-state index contributed by atoms with van der Waals surface area (Å²) in [5.41, 5.74) is 2.93. The van der Waals surface area contributed by atoms with E-state index < -0.39 is 12.0 Å². The van der Waals surface area contributed by atoms with Gasteiger partial charge in [-0.05, 0) is 42.4 Å². The second-order valence-electron chi connectivity index (χ2n) is 5.47. The number of carboxylic acid groups (broad SMARTS) is 1. The van der Waals surface area contributed by atoms with Crippen LogP contribution < -0.4 is 5.32 Å². The van der Waals surface area contributed by atoms with E-state index in [0.29, 0.717) is 12.0 Å². The second kappa shape index (κ2) is 6.07. The number of amides is 1. The van der Waals surface area contributed by atoms with Gasteiger partial charge in [-0.2, -0.15) is 0 Å². The third-order valence-electron chi connectivity index (χ3n) is 4.16. The zero-order chi connectivity index (χ0) is 14.7. The number of hydrogen-bond acceptors (Lipinski definition) is 2. The van der Waals surface area contributed by atoms with E-state index in [1.807, 2.05) is 26.0 Å². The summed E-state index contributed by atoms with van der Waals surface area (Å²) in [7, 11) is 0. The molecule has 0 spiro atoms. The van der Waals surface area contributed by atoms with E-state index in [1.54, 1.807) is 6.07 Å². The van der Waals surface area contributed by atoms with Crippen molar-refractivity contribution in [3.8, 4) is 0 Å². The van der Waals surface area contributed by atoms with Gasteiger partial charge in [-0.25, -0.2) is 4.79 Å². The number of carbonyl (C=O) groups is 2. The Hall–Kier alpha value is -1.84. The Morgan fingerprint density at radius 1 is 1.35 bits per heavy atom. The summed E-state index contributed by atoms with van der Waals surface area (Å²) >= 11 is 0. The molecule has 1 amide bonds. The van der Waals surface area contributed by atoms with Crippen molar-refractivity contribution in [2.45, 2.75) is 45.6 Å². The SMILES string of the molecule is CC[C@H](C)[C@H](NC(=O)c1cccc2c1CCC2)C(=O)O. The molecule has 0 saturated carbocycles. The first-order valence-electron chi connectivity index (χ1n) is 7.19. The highest BCUT2D eigenvalue weighted by molar-refractivity contribution is 5.98. The van der Waals surface area contributed by atoms with E-state index in [2.05, 4.69) is 5.32 Å². The largest absolute Gasteiger partial charge is 0.480 e. The smallest absolute Gasteiger partial charge is 0.326 e. The predicted molar refractivity (Wildman–Crippen MR) is 76.8 cm³/mol. The lowest BCUT2D eigenvalue weighted by atomic mass is 9.97. The molecule has 1 aromatic carbocycles. The van der Waals surface area contributed by atoms with Crippen LogP contribution in [0.4, 0.5) is 0 Å². The van der Waals surface area contributed by atoms with Crippen molar-refractivity contribution in [3.63, 3.8) is 0 Å². The van der Waals surface area contributed by atoms with Crippen LogP contribution in [0, 0.1) is 5.92 Å². The lowest BCUT2D eigenvalue weighted by molar-refractivity contribution is -0.140. The number of carbonyl (C=O) groups excluding carboxylic acids is 1. The molecule has 4 nitrogen and oxygen atoms in total. The zero-order valence-corrected chi connectivity index (χ0v) is 12.0. The Bertz CT molecular complexity index is 524. The summed E-state index contributed by atoms with van der Waals surface area (Å²) in [6.45, 7) is 3.77. The van der Waals surface area contributed by atoms with Crippen LogP contribution in [0.3, 0.4) is 0 Å². The number of fused-ring (bicyclic) bond motifs is 1. The summed E-state index contributed by atoms with van der Waals surface area (Å²) in [6, 6.07) is 4.88. The minimum atomic E-state index is -0.972. The van der Waals surface area contributed by atoms with E-state index in [-0.39, 0.29) is 11.8 Å². The van der Waals surface area contributed by atoms with Crippen molar-refractivity contribution in [1.82, 2.24) is 5.32 Å². The molecular formula is C16H21NO3. The molecular weight excluding hydrogens is 254 g/mol. The highest BCUT2D eigenvalue weighted by atomic mass is 16.4. The fourth-order valence-corrected chi connectivity index (χ4v) is 2.73. The minimum absolute atomic E-state index is 0.0896. The van der Waals surface area contributed by atoms with Gasteiger partial charge in [-0.1, -0.05) is 32.4 Å². The Labute approximate surface area is 119 Å². The molecule has 2 rings (SSSR count). The van der Waals surface area contributed by atoms with Gasteiger partial charge < -0.3 is 10.4 Å².